The van der Waals surface area contributed by atoms with E-state index in [1.165, 1.54) is 25.3 Å². The van der Waals surface area contributed by atoms with E-state index in [4.69, 9.17) is 20.6 Å². The van der Waals surface area contributed by atoms with E-state index in [9.17, 15) is 31.2 Å². The maximum absolute atomic E-state index is 13.3. The lowest BCUT2D eigenvalue weighted by Crippen LogP contribution is -2.28. The van der Waals surface area contributed by atoms with E-state index in [2.05, 4.69) is 9.46 Å². The van der Waals surface area contributed by atoms with Crippen LogP contribution in [0.25, 0.3) is 10.8 Å². The number of esters is 2. The molecule has 0 radical (unpaired) electrons. The van der Waals surface area contributed by atoms with Crippen LogP contribution in [0.4, 0.5) is 18.9 Å². The van der Waals surface area contributed by atoms with Gasteiger partial charge in [-0.2, -0.15) is 13.2 Å². The minimum atomic E-state index is -5.35. The average Bonchev–Trinajstić information content (AvgIpc) is 2.92. The number of amidine groups is 1. The van der Waals surface area contributed by atoms with E-state index >= 15 is 0 Å². The molecule has 212 valence electrons. The molecule has 10 nitrogen and oxygen atoms in total. The largest absolute Gasteiger partial charge is 0.497 e. The molecule has 4 rings (SSSR count). The van der Waals surface area contributed by atoms with Crippen LogP contribution in [-0.4, -0.2) is 39.5 Å². The lowest BCUT2D eigenvalue weighted by Gasteiger charge is -2.15. The van der Waals surface area contributed by atoms with Gasteiger partial charge >= 0.3 is 18.1 Å². The van der Waals surface area contributed by atoms with Crippen LogP contribution in [0.15, 0.2) is 83.8 Å². The number of fused-ring (bicyclic) bond motifs is 1. The van der Waals surface area contributed by atoms with Gasteiger partial charge in [-0.25, -0.2) is 18.0 Å². The van der Waals surface area contributed by atoms with Gasteiger partial charge < -0.3 is 19.9 Å². The van der Waals surface area contributed by atoms with E-state index in [0.29, 0.717) is 17.1 Å². The summed E-state index contributed by atoms with van der Waals surface area (Å²) in [5.41, 5.74) is 5.63. The zero-order valence-corrected chi connectivity index (χ0v) is 21.8. The molecule has 4 aromatic rings. The van der Waals surface area contributed by atoms with Crippen molar-refractivity contribution in [2.75, 3.05) is 11.8 Å². The van der Waals surface area contributed by atoms with E-state index in [1.807, 2.05) is 0 Å². The Labute approximate surface area is 231 Å². The normalized spacial score (nSPS) is 11.5. The highest BCUT2D eigenvalue weighted by atomic mass is 32.2. The van der Waals surface area contributed by atoms with Crippen LogP contribution < -0.4 is 19.9 Å². The summed E-state index contributed by atoms with van der Waals surface area (Å²) in [6.45, 7) is 0. The number of nitrogens with one attached hydrogen (secondary N) is 2. The third-order valence-corrected chi connectivity index (χ3v) is 7.00. The molecule has 0 saturated carbocycles. The zero-order chi connectivity index (χ0) is 29.9. The van der Waals surface area contributed by atoms with Crippen LogP contribution in [0.5, 0.6) is 17.2 Å². The number of benzene rings is 4. The van der Waals surface area contributed by atoms with Gasteiger partial charge in [-0.1, -0.05) is 18.2 Å². The average molecular weight is 588 g/mol. The zero-order valence-electron chi connectivity index (χ0n) is 21.0. The first kappa shape index (κ1) is 28.9. The Morgan fingerprint density at radius 3 is 2.10 bits per heavy atom. The lowest BCUT2D eigenvalue weighted by atomic mass is 10.1. The third-order valence-electron chi connectivity index (χ3n) is 5.58. The fourth-order valence-electron chi connectivity index (χ4n) is 3.58. The summed E-state index contributed by atoms with van der Waals surface area (Å²) in [4.78, 5) is 22.4. The van der Waals surface area contributed by atoms with Crippen LogP contribution in [0.3, 0.4) is 0 Å². The van der Waals surface area contributed by atoms with Crippen molar-refractivity contribution in [1.29, 1.82) is 5.41 Å². The quantitative estimate of drug-likeness (QED) is 0.113. The molecule has 4 N–H and O–H groups in total. The molecule has 0 aromatic heterocycles. The van der Waals surface area contributed by atoms with Gasteiger partial charge in [-0.15, -0.1) is 0 Å². The molecule has 0 heterocycles. The monoisotopic (exact) mass is 587 g/mol. The van der Waals surface area contributed by atoms with Crippen molar-refractivity contribution in [3.05, 3.63) is 90.0 Å². The van der Waals surface area contributed by atoms with Gasteiger partial charge in [0.15, 0.2) is 5.75 Å². The molecule has 0 aliphatic rings. The van der Waals surface area contributed by atoms with E-state index < -0.39 is 33.7 Å². The highest BCUT2D eigenvalue weighted by molar-refractivity contribution is 7.92. The van der Waals surface area contributed by atoms with Gasteiger partial charge in [-0.05, 0) is 65.4 Å². The number of hydrogen-bond donors (Lipinski definition) is 3. The van der Waals surface area contributed by atoms with Crippen LogP contribution in [0, 0.1) is 5.41 Å². The minimum absolute atomic E-state index is 0.0440. The van der Waals surface area contributed by atoms with Gasteiger partial charge in [0.05, 0.1) is 12.7 Å². The maximum atomic E-state index is 13.3. The molecule has 0 fully saturated rings. The number of sulfonamides is 1. The van der Waals surface area contributed by atoms with Gasteiger partial charge in [0.2, 0.25) is 0 Å². The molecule has 0 bridgehead atoms. The fraction of sp³-hybridized carbons (Fsp3) is 0.0741. The summed E-state index contributed by atoms with van der Waals surface area (Å²) in [5, 5.41) is 9.11. The van der Waals surface area contributed by atoms with Crippen LogP contribution >= 0.6 is 0 Å². The second-order valence-electron chi connectivity index (χ2n) is 8.41. The topological polar surface area (TPSA) is 158 Å². The van der Waals surface area contributed by atoms with Gasteiger partial charge in [0.25, 0.3) is 10.0 Å². The van der Waals surface area contributed by atoms with E-state index in [0.717, 1.165) is 35.0 Å². The molecule has 4 aromatic carbocycles. The van der Waals surface area contributed by atoms with Crippen LogP contribution in [-0.2, 0) is 19.6 Å². The molecular weight excluding hydrogens is 567 g/mol. The molecule has 0 aliphatic carbocycles. The van der Waals surface area contributed by atoms with Crippen molar-refractivity contribution in [1.82, 2.24) is 0 Å². The Bertz CT molecular complexity index is 1770. The first-order valence-corrected chi connectivity index (χ1v) is 13.0. The van der Waals surface area contributed by atoms with Crippen molar-refractivity contribution < 1.29 is 45.4 Å². The van der Waals surface area contributed by atoms with Crippen LogP contribution in [0.2, 0.25) is 0 Å². The van der Waals surface area contributed by atoms with Crippen molar-refractivity contribution >= 4 is 44.3 Å². The smallest absolute Gasteiger partial charge is 0.491 e. The summed E-state index contributed by atoms with van der Waals surface area (Å²) in [7, 11) is -2.91. The van der Waals surface area contributed by atoms with Crippen molar-refractivity contribution in [3.63, 3.8) is 0 Å². The molecular formula is C27H20F3N3O7S. The number of carbonyl (C=O) groups is 2. The summed E-state index contributed by atoms with van der Waals surface area (Å²) >= 11 is 0. The summed E-state index contributed by atoms with van der Waals surface area (Å²) in [6, 6.07) is 18.3. The SMILES string of the molecule is COc1ccc(S(=O)(=O)Nc2ccc(C(=O)OC(=O)C(F)(F)F)cc2)c(Oc2ccc3cc(C(=N)N)ccc3c2)c1. The number of ether oxygens (including phenoxy) is 3. The highest BCUT2D eigenvalue weighted by Gasteiger charge is 2.42. The number of hydrogen-bond acceptors (Lipinski definition) is 8. The number of nitrogen functional groups attached to an aromatic ring is 1. The first-order valence-electron chi connectivity index (χ1n) is 11.5. The molecule has 0 unspecified atom stereocenters. The second-order valence-corrected chi connectivity index (χ2v) is 10.1. The molecule has 14 heteroatoms. The number of rotatable bonds is 8. The molecule has 0 amide bonds. The van der Waals surface area contributed by atoms with E-state index in [1.54, 1.807) is 36.4 Å². The number of anilines is 1. The van der Waals surface area contributed by atoms with E-state index in [-0.39, 0.29) is 22.2 Å². The second kappa shape index (κ2) is 11.2. The number of carbonyl (C=O) groups excluding carboxylic acids is 2. The molecule has 0 saturated heterocycles. The Balaban J connectivity index is 1.58. The predicted molar refractivity (Wildman–Crippen MR) is 142 cm³/mol. The Hall–Kier alpha value is -5.11. The van der Waals surface area contributed by atoms with Gasteiger partial charge in [-0.3, -0.25) is 10.1 Å². The standard InChI is InChI=1S/C27H20F3N3O7S/c1-38-20-10-11-23(22(14-20)39-21-9-6-16-12-18(24(31)32)3-2-17(16)13-21)41(36,37)33-19-7-4-15(5-8-19)25(34)40-26(35)27(28,29)30/h2-14,33H,1H3,(H3,31,32). The molecule has 0 atom stereocenters. The maximum Gasteiger partial charge on any atom is 0.491 e. The van der Waals surface area contributed by atoms with Crippen molar-refractivity contribution in [2.24, 2.45) is 5.73 Å². The summed E-state index contributed by atoms with van der Waals surface area (Å²) in [6.07, 6.45) is -5.35. The Kier molecular flexibility index (Phi) is 7.87. The predicted octanol–water partition coefficient (Wildman–Crippen LogP) is 4.97. The Morgan fingerprint density at radius 2 is 1.46 bits per heavy atom. The number of halogens is 3. The van der Waals surface area contributed by atoms with Crippen molar-refractivity contribution in [3.8, 4) is 17.2 Å². The molecule has 0 spiro atoms. The number of nitrogens with two attached hydrogens (primary N) is 1. The number of alkyl halides is 3. The minimum Gasteiger partial charge on any atom is -0.497 e. The summed E-state index contributed by atoms with van der Waals surface area (Å²) in [5.74, 6) is -3.79. The van der Waals surface area contributed by atoms with Crippen LogP contribution in [0.1, 0.15) is 15.9 Å². The van der Waals surface area contributed by atoms with Gasteiger partial charge in [0, 0.05) is 17.3 Å². The van der Waals surface area contributed by atoms with Crippen molar-refractivity contribution in [2.45, 2.75) is 11.1 Å². The molecule has 0 aliphatic heterocycles. The fourth-order valence-corrected chi connectivity index (χ4v) is 4.75. The van der Waals surface area contributed by atoms with Gasteiger partial charge in [0.1, 0.15) is 22.2 Å². The Morgan fingerprint density at radius 1 is 0.854 bits per heavy atom. The summed E-state index contributed by atoms with van der Waals surface area (Å²) < 4.78 is 80.7. The third kappa shape index (κ3) is 6.73. The highest BCUT2D eigenvalue weighted by Crippen LogP contribution is 2.35. The molecule has 41 heavy (non-hydrogen) atoms. The number of methoxy groups -OCH3 is 1. The first-order chi connectivity index (χ1) is 19.3. The lowest BCUT2D eigenvalue weighted by molar-refractivity contribution is -0.193.